The zero-order chi connectivity index (χ0) is 13.0. The van der Waals surface area contributed by atoms with Crippen LogP contribution in [0.3, 0.4) is 0 Å². The summed E-state index contributed by atoms with van der Waals surface area (Å²) in [7, 11) is 0. The lowest BCUT2D eigenvalue weighted by Gasteiger charge is -2.09. The van der Waals surface area contributed by atoms with Crippen molar-refractivity contribution in [1.29, 1.82) is 0 Å². The van der Waals surface area contributed by atoms with E-state index in [-0.39, 0.29) is 11.1 Å². The van der Waals surface area contributed by atoms with Crippen molar-refractivity contribution in [2.75, 3.05) is 6.54 Å². The summed E-state index contributed by atoms with van der Waals surface area (Å²) in [5.41, 5.74) is 0. The predicted molar refractivity (Wildman–Crippen MR) is 70.8 cm³/mol. The van der Waals surface area contributed by atoms with Crippen molar-refractivity contribution >= 4 is 29.0 Å². The Kier molecular flexibility index (Phi) is 4.04. The van der Waals surface area contributed by atoms with Crippen molar-refractivity contribution in [2.24, 2.45) is 0 Å². The van der Waals surface area contributed by atoms with Gasteiger partial charge in [-0.05, 0) is 42.5 Å². The number of hydrogen-bond acceptors (Lipinski definition) is 4. The van der Waals surface area contributed by atoms with Crippen LogP contribution in [0, 0.1) is 0 Å². The van der Waals surface area contributed by atoms with Crippen molar-refractivity contribution in [3.63, 3.8) is 0 Å². The lowest BCUT2D eigenvalue weighted by Crippen LogP contribution is -2.28. The normalized spacial score (nSPS) is 18.5. The summed E-state index contributed by atoms with van der Waals surface area (Å²) in [6, 6.07) is 3.60. The monoisotopic (exact) mass is 263 g/mol. The van der Waals surface area contributed by atoms with Gasteiger partial charge < -0.3 is 4.42 Å². The van der Waals surface area contributed by atoms with Gasteiger partial charge in [0.25, 0.3) is 11.1 Å². The number of nitrogens with zero attached hydrogens (tertiary/aromatic N) is 1. The van der Waals surface area contributed by atoms with Crippen LogP contribution in [0.2, 0.25) is 0 Å². The third kappa shape index (κ3) is 2.73. The highest BCUT2D eigenvalue weighted by Gasteiger charge is 2.33. The number of furan rings is 1. The van der Waals surface area contributed by atoms with Gasteiger partial charge in [-0.3, -0.25) is 14.5 Å². The first-order chi connectivity index (χ1) is 8.72. The molecule has 2 amide bonds. The Balaban J connectivity index is 2.06. The maximum Gasteiger partial charge on any atom is 0.293 e. The van der Waals surface area contributed by atoms with E-state index in [1.54, 1.807) is 30.6 Å². The number of rotatable bonds is 4. The van der Waals surface area contributed by atoms with E-state index in [4.69, 9.17) is 4.42 Å². The van der Waals surface area contributed by atoms with Gasteiger partial charge in [-0.1, -0.05) is 13.0 Å². The standard InChI is InChI=1S/C13H13NO3S/c1-2-8-14-12(15)11(18-13(14)16)7-3-5-10-6-4-9-17-10/h3-7,9H,2,8H2,1H3/b5-3+,11-7+. The average Bonchev–Trinajstić information content (AvgIpc) is 2.94. The average molecular weight is 263 g/mol. The molecule has 18 heavy (non-hydrogen) atoms. The highest BCUT2D eigenvalue weighted by atomic mass is 32.2. The molecule has 0 aliphatic carbocycles. The molecule has 0 spiro atoms. The van der Waals surface area contributed by atoms with E-state index in [2.05, 4.69) is 0 Å². The van der Waals surface area contributed by atoms with Gasteiger partial charge in [0.15, 0.2) is 0 Å². The largest absolute Gasteiger partial charge is 0.465 e. The third-order valence-electron chi connectivity index (χ3n) is 2.37. The molecule has 1 fully saturated rings. The molecule has 5 heteroatoms. The molecule has 0 aromatic carbocycles. The summed E-state index contributed by atoms with van der Waals surface area (Å²) in [6.07, 6.45) is 7.45. The number of carbonyl (C=O) groups is 2. The SMILES string of the molecule is CCCN1C(=O)S/C(=C/C=C/c2ccco2)C1=O. The minimum absolute atomic E-state index is 0.195. The Labute approximate surface area is 109 Å². The summed E-state index contributed by atoms with van der Waals surface area (Å²) in [4.78, 5) is 25.1. The molecular weight excluding hydrogens is 250 g/mol. The van der Waals surface area contributed by atoms with Gasteiger partial charge in [0.1, 0.15) is 5.76 Å². The molecule has 4 nitrogen and oxygen atoms in total. The van der Waals surface area contributed by atoms with Crippen LogP contribution in [0.15, 0.2) is 39.9 Å². The Morgan fingerprint density at radius 2 is 2.28 bits per heavy atom. The van der Waals surface area contributed by atoms with Crippen LogP contribution in [0.5, 0.6) is 0 Å². The Bertz CT molecular complexity index is 502. The quantitative estimate of drug-likeness (QED) is 0.782. The molecule has 0 radical (unpaired) electrons. The molecule has 1 saturated heterocycles. The van der Waals surface area contributed by atoms with Crippen LogP contribution in [-0.4, -0.2) is 22.6 Å². The van der Waals surface area contributed by atoms with Gasteiger partial charge >= 0.3 is 0 Å². The van der Waals surface area contributed by atoms with Crippen molar-refractivity contribution < 1.29 is 14.0 Å². The Morgan fingerprint density at radius 1 is 1.44 bits per heavy atom. The van der Waals surface area contributed by atoms with Crippen LogP contribution in [0.1, 0.15) is 19.1 Å². The van der Waals surface area contributed by atoms with Crippen molar-refractivity contribution in [3.05, 3.63) is 41.2 Å². The van der Waals surface area contributed by atoms with Crippen molar-refractivity contribution in [3.8, 4) is 0 Å². The first-order valence-corrected chi connectivity index (χ1v) is 6.49. The van der Waals surface area contributed by atoms with E-state index in [1.165, 1.54) is 4.90 Å². The molecule has 1 aromatic heterocycles. The van der Waals surface area contributed by atoms with Crippen LogP contribution in [0.4, 0.5) is 4.79 Å². The third-order valence-corrected chi connectivity index (χ3v) is 3.30. The van der Waals surface area contributed by atoms with Gasteiger partial charge in [-0.25, -0.2) is 0 Å². The molecule has 1 aromatic rings. The molecule has 2 rings (SSSR count). The summed E-state index contributed by atoms with van der Waals surface area (Å²) >= 11 is 0.976. The molecular formula is C13H13NO3S. The predicted octanol–water partition coefficient (Wildman–Crippen LogP) is 3.28. The maximum atomic E-state index is 11.9. The van der Waals surface area contributed by atoms with Crippen LogP contribution in [0.25, 0.3) is 6.08 Å². The minimum atomic E-state index is -0.212. The molecule has 2 heterocycles. The highest BCUT2D eigenvalue weighted by Crippen LogP contribution is 2.30. The van der Waals surface area contributed by atoms with E-state index in [0.29, 0.717) is 17.2 Å². The first-order valence-electron chi connectivity index (χ1n) is 5.68. The Hall–Kier alpha value is -1.75. The number of carbonyl (C=O) groups excluding carboxylic acids is 2. The zero-order valence-electron chi connectivity index (χ0n) is 9.96. The van der Waals surface area contributed by atoms with Gasteiger partial charge in [0.05, 0.1) is 11.2 Å². The Morgan fingerprint density at radius 3 is 2.94 bits per heavy atom. The lowest BCUT2D eigenvalue weighted by atomic mass is 10.3. The van der Waals surface area contributed by atoms with Crippen LogP contribution >= 0.6 is 11.8 Å². The van der Waals surface area contributed by atoms with Gasteiger partial charge in [0.2, 0.25) is 0 Å². The fourth-order valence-corrected chi connectivity index (χ4v) is 2.36. The summed E-state index contributed by atoms with van der Waals surface area (Å²) in [5, 5.41) is -0.195. The molecule has 1 aliphatic rings. The van der Waals surface area contributed by atoms with Crippen molar-refractivity contribution in [1.82, 2.24) is 4.90 Å². The van der Waals surface area contributed by atoms with Gasteiger partial charge in [-0.15, -0.1) is 0 Å². The number of allylic oxidation sites excluding steroid dienone is 2. The fourth-order valence-electron chi connectivity index (χ4n) is 1.55. The second kappa shape index (κ2) is 5.73. The van der Waals surface area contributed by atoms with Gasteiger partial charge in [-0.2, -0.15) is 0 Å². The molecule has 1 aliphatic heterocycles. The van der Waals surface area contributed by atoms with E-state index >= 15 is 0 Å². The summed E-state index contributed by atoms with van der Waals surface area (Å²) in [6.45, 7) is 2.41. The molecule has 0 saturated carbocycles. The second-order valence-electron chi connectivity index (χ2n) is 3.73. The second-order valence-corrected chi connectivity index (χ2v) is 4.72. The van der Waals surface area contributed by atoms with Crippen LogP contribution in [-0.2, 0) is 4.79 Å². The number of thioether (sulfide) groups is 1. The summed E-state index contributed by atoms with van der Waals surface area (Å²) < 4.78 is 5.12. The number of imide groups is 1. The molecule has 0 unspecified atom stereocenters. The van der Waals surface area contributed by atoms with Gasteiger partial charge in [0, 0.05) is 6.54 Å². The smallest absolute Gasteiger partial charge is 0.293 e. The van der Waals surface area contributed by atoms with Crippen molar-refractivity contribution in [2.45, 2.75) is 13.3 Å². The minimum Gasteiger partial charge on any atom is -0.465 e. The fraction of sp³-hybridized carbons (Fsp3) is 0.231. The first kappa shape index (κ1) is 12.7. The van der Waals surface area contributed by atoms with E-state index in [9.17, 15) is 9.59 Å². The van der Waals surface area contributed by atoms with E-state index in [1.807, 2.05) is 13.0 Å². The molecule has 94 valence electrons. The number of hydrogen-bond donors (Lipinski definition) is 0. The van der Waals surface area contributed by atoms with Crippen LogP contribution < -0.4 is 0 Å². The molecule has 0 N–H and O–H groups in total. The molecule has 0 bridgehead atoms. The lowest BCUT2D eigenvalue weighted by molar-refractivity contribution is -0.122. The van der Waals surface area contributed by atoms with E-state index in [0.717, 1.165) is 18.2 Å². The topological polar surface area (TPSA) is 50.5 Å². The summed E-state index contributed by atoms with van der Waals surface area (Å²) in [5.74, 6) is 0.495. The molecule has 0 atom stereocenters. The van der Waals surface area contributed by atoms with E-state index < -0.39 is 0 Å². The zero-order valence-corrected chi connectivity index (χ0v) is 10.8. The maximum absolute atomic E-state index is 11.9. The highest BCUT2D eigenvalue weighted by molar-refractivity contribution is 8.18. The number of amides is 2.